The molecule has 0 fully saturated rings. The summed E-state index contributed by atoms with van der Waals surface area (Å²) in [5, 5.41) is 10.2. The first-order valence-corrected chi connectivity index (χ1v) is 7.72. The molecule has 0 aliphatic heterocycles. The number of nitrogens with one attached hydrogen (secondary N) is 2. The molecule has 0 saturated carbocycles. The minimum absolute atomic E-state index is 0.125. The molecule has 21 heavy (non-hydrogen) atoms. The standard InChI is InChI=1S/C14H15N3O3S/c15-21(19,20)13-9-5-4-8-12(13)17-14(18)16-10-11-6-2-1-3-7-11/h1-9H,10H2,(H2,15,19,20)(H2,16,17,18). The molecule has 2 rings (SSSR count). The van der Waals surface area contributed by atoms with Crippen LogP contribution < -0.4 is 15.8 Å². The largest absolute Gasteiger partial charge is 0.334 e. The molecule has 0 heterocycles. The number of primary sulfonamides is 1. The van der Waals surface area contributed by atoms with E-state index in [4.69, 9.17) is 5.14 Å². The quantitative estimate of drug-likeness (QED) is 0.800. The normalized spacial score (nSPS) is 10.9. The Morgan fingerprint density at radius 1 is 1.00 bits per heavy atom. The predicted octanol–water partition coefficient (Wildman–Crippen LogP) is 1.66. The molecule has 7 heteroatoms. The van der Waals surface area contributed by atoms with Crippen LogP contribution in [-0.4, -0.2) is 14.4 Å². The number of sulfonamides is 1. The summed E-state index contributed by atoms with van der Waals surface area (Å²) in [6, 6.07) is 14.8. The Kier molecular flexibility index (Phi) is 4.56. The van der Waals surface area contributed by atoms with Gasteiger partial charge in [-0.3, -0.25) is 0 Å². The zero-order chi connectivity index (χ0) is 15.3. The minimum Gasteiger partial charge on any atom is -0.334 e. The molecular formula is C14H15N3O3S. The zero-order valence-electron chi connectivity index (χ0n) is 11.1. The van der Waals surface area contributed by atoms with E-state index in [0.717, 1.165) is 5.56 Å². The first-order chi connectivity index (χ1) is 9.97. The summed E-state index contributed by atoms with van der Waals surface area (Å²) in [4.78, 5) is 11.7. The number of anilines is 1. The summed E-state index contributed by atoms with van der Waals surface area (Å²) in [5.74, 6) is 0. The van der Waals surface area contributed by atoms with E-state index in [9.17, 15) is 13.2 Å². The summed E-state index contributed by atoms with van der Waals surface area (Å²) in [6.45, 7) is 0.338. The molecule has 6 nitrogen and oxygen atoms in total. The van der Waals surface area contributed by atoms with Crippen LogP contribution in [0.3, 0.4) is 0 Å². The van der Waals surface area contributed by atoms with Gasteiger partial charge >= 0.3 is 6.03 Å². The van der Waals surface area contributed by atoms with E-state index >= 15 is 0 Å². The number of urea groups is 1. The van der Waals surface area contributed by atoms with Crippen LogP contribution in [0.15, 0.2) is 59.5 Å². The number of rotatable bonds is 4. The van der Waals surface area contributed by atoms with Crippen molar-refractivity contribution in [2.45, 2.75) is 11.4 Å². The average Bonchev–Trinajstić information content (AvgIpc) is 2.46. The van der Waals surface area contributed by atoms with Crippen molar-refractivity contribution >= 4 is 21.7 Å². The maximum absolute atomic E-state index is 11.8. The second kappa shape index (κ2) is 6.38. The molecule has 2 aromatic rings. The van der Waals surface area contributed by atoms with Gasteiger partial charge in [0.25, 0.3) is 0 Å². The molecule has 110 valence electrons. The van der Waals surface area contributed by atoms with Crippen molar-refractivity contribution in [3.63, 3.8) is 0 Å². The molecule has 0 saturated heterocycles. The molecule has 0 bridgehead atoms. The molecule has 2 amide bonds. The topological polar surface area (TPSA) is 101 Å². The van der Waals surface area contributed by atoms with Gasteiger partial charge in [-0.05, 0) is 17.7 Å². The van der Waals surface area contributed by atoms with Gasteiger partial charge in [0.05, 0.1) is 5.69 Å². The SMILES string of the molecule is NS(=O)(=O)c1ccccc1NC(=O)NCc1ccccc1. The lowest BCUT2D eigenvalue weighted by molar-refractivity contribution is 0.251. The maximum atomic E-state index is 11.8. The Hall–Kier alpha value is -2.38. The Morgan fingerprint density at radius 3 is 2.29 bits per heavy atom. The number of carbonyl (C=O) groups is 1. The van der Waals surface area contributed by atoms with Crippen molar-refractivity contribution in [2.75, 3.05) is 5.32 Å². The molecular weight excluding hydrogens is 290 g/mol. The van der Waals surface area contributed by atoms with Crippen molar-refractivity contribution in [2.24, 2.45) is 5.14 Å². The van der Waals surface area contributed by atoms with Crippen molar-refractivity contribution in [1.29, 1.82) is 0 Å². The highest BCUT2D eigenvalue weighted by Crippen LogP contribution is 2.18. The number of benzene rings is 2. The van der Waals surface area contributed by atoms with Crippen LogP contribution in [0.25, 0.3) is 0 Å². The van der Waals surface area contributed by atoms with Gasteiger partial charge in [-0.25, -0.2) is 18.4 Å². The summed E-state index contributed by atoms with van der Waals surface area (Å²) in [7, 11) is -3.89. The van der Waals surface area contributed by atoms with Crippen LogP contribution in [0.5, 0.6) is 0 Å². The number of amides is 2. The van der Waals surface area contributed by atoms with E-state index in [2.05, 4.69) is 10.6 Å². The summed E-state index contributed by atoms with van der Waals surface area (Å²) in [5.41, 5.74) is 1.08. The highest BCUT2D eigenvalue weighted by molar-refractivity contribution is 7.89. The van der Waals surface area contributed by atoms with Crippen molar-refractivity contribution in [1.82, 2.24) is 5.32 Å². The van der Waals surface area contributed by atoms with Gasteiger partial charge in [-0.1, -0.05) is 42.5 Å². The van der Waals surface area contributed by atoms with E-state index in [1.165, 1.54) is 18.2 Å². The Balaban J connectivity index is 2.04. The second-order valence-corrected chi connectivity index (χ2v) is 5.86. The molecule has 0 unspecified atom stereocenters. The molecule has 2 aromatic carbocycles. The number of nitrogens with two attached hydrogens (primary N) is 1. The third-order valence-electron chi connectivity index (χ3n) is 2.74. The van der Waals surface area contributed by atoms with Gasteiger partial charge in [0.1, 0.15) is 4.90 Å². The molecule has 0 atom stereocenters. The first-order valence-electron chi connectivity index (χ1n) is 6.17. The van der Waals surface area contributed by atoms with Crippen LogP contribution in [-0.2, 0) is 16.6 Å². The zero-order valence-corrected chi connectivity index (χ0v) is 11.9. The smallest absolute Gasteiger partial charge is 0.319 e. The second-order valence-electron chi connectivity index (χ2n) is 4.33. The number of hydrogen-bond acceptors (Lipinski definition) is 3. The monoisotopic (exact) mass is 305 g/mol. The van der Waals surface area contributed by atoms with Crippen LogP contribution >= 0.6 is 0 Å². The van der Waals surface area contributed by atoms with E-state index in [1.807, 2.05) is 30.3 Å². The minimum atomic E-state index is -3.89. The lowest BCUT2D eigenvalue weighted by Gasteiger charge is -2.10. The van der Waals surface area contributed by atoms with E-state index < -0.39 is 16.1 Å². The third kappa shape index (κ3) is 4.30. The summed E-state index contributed by atoms with van der Waals surface area (Å²) < 4.78 is 22.8. The Morgan fingerprint density at radius 2 is 1.62 bits per heavy atom. The number of para-hydroxylation sites is 1. The van der Waals surface area contributed by atoms with Gasteiger partial charge in [-0.2, -0.15) is 0 Å². The van der Waals surface area contributed by atoms with Crippen LogP contribution in [0.1, 0.15) is 5.56 Å². The fourth-order valence-electron chi connectivity index (χ4n) is 1.76. The van der Waals surface area contributed by atoms with Crippen molar-refractivity contribution in [3.05, 3.63) is 60.2 Å². The summed E-state index contributed by atoms with van der Waals surface area (Å²) in [6.07, 6.45) is 0. The predicted molar refractivity (Wildman–Crippen MR) is 80.1 cm³/mol. The Labute approximate surface area is 123 Å². The van der Waals surface area contributed by atoms with Gasteiger partial charge in [0.2, 0.25) is 10.0 Å². The lowest BCUT2D eigenvalue weighted by atomic mass is 10.2. The van der Waals surface area contributed by atoms with E-state index in [-0.39, 0.29) is 10.6 Å². The molecule has 0 aliphatic carbocycles. The third-order valence-corrected chi connectivity index (χ3v) is 3.71. The molecule has 0 radical (unpaired) electrons. The van der Waals surface area contributed by atoms with Gasteiger partial charge < -0.3 is 10.6 Å². The van der Waals surface area contributed by atoms with Crippen LogP contribution in [0, 0.1) is 0 Å². The van der Waals surface area contributed by atoms with Crippen molar-refractivity contribution in [3.8, 4) is 0 Å². The summed E-state index contributed by atoms with van der Waals surface area (Å²) >= 11 is 0. The highest BCUT2D eigenvalue weighted by atomic mass is 32.2. The number of hydrogen-bond donors (Lipinski definition) is 3. The number of carbonyl (C=O) groups excluding carboxylic acids is 1. The van der Waals surface area contributed by atoms with Crippen LogP contribution in [0.2, 0.25) is 0 Å². The van der Waals surface area contributed by atoms with Crippen LogP contribution in [0.4, 0.5) is 10.5 Å². The fourth-order valence-corrected chi connectivity index (χ4v) is 2.46. The molecule has 4 N–H and O–H groups in total. The lowest BCUT2D eigenvalue weighted by Crippen LogP contribution is -2.29. The Bertz CT molecular complexity index is 730. The first kappa shape index (κ1) is 15.0. The molecule has 0 spiro atoms. The van der Waals surface area contributed by atoms with Crippen molar-refractivity contribution < 1.29 is 13.2 Å². The van der Waals surface area contributed by atoms with E-state index in [1.54, 1.807) is 6.07 Å². The van der Waals surface area contributed by atoms with Gasteiger partial charge in [0.15, 0.2) is 0 Å². The molecule has 0 aliphatic rings. The van der Waals surface area contributed by atoms with Gasteiger partial charge in [-0.15, -0.1) is 0 Å². The maximum Gasteiger partial charge on any atom is 0.319 e. The van der Waals surface area contributed by atoms with Gasteiger partial charge in [0, 0.05) is 6.54 Å². The average molecular weight is 305 g/mol. The fraction of sp³-hybridized carbons (Fsp3) is 0.0714. The molecule has 0 aromatic heterocycles. The van der Waals surface area contributed by atoms with E-state index in [0.29, 0.717) is 6.54 Å². The highest BCUT2D eigenvalue weighted by Gasteiger charge is 2.14.